The summed E-state index contributed by atoms with van der Waals surface area (Å²) >= 11 is 1.40. The molecule has 0 atom stereocenters. The Bertz CT molecular complexity index is 1680. The number of amides is 3. The number of hydrogen-bond acceptors (Lipinski definition) is 8. The first kappa shape index (κ1) is 27.6. The molecule has 0 spiro atoms. The standard InChI is InChI=1S/C30H30N8O3S/c1-19-24-16-22(5-6-25(24)33-18-32-19)27-26(21-4-2-3-20(15-21)17-31)34-28(42-27)35-29(39)37-9-7-23(8-10-37)36-11-13-38(14-12-36)30(40)41/h2-6,15-16,18,23H,7-14H2,1H3,(H,40,41)(H,34,35,39). The maximum atomic E-state index is 13.3. The molecular formula is C30H30N8O3S. The minimum Gasteiger partial charge on any atom is -0.465 e. The maximum absolute atomic E-state index is 13.3. The number of benzene rings is 2. The molecule has 12 heteroatoms. The topological polar surface area (TPSA) is 139 Å². The van der Waals surface area contributed by atoms with E-state index in [2.05, 4.69) is 26.3 Å². The van der Waals surface area contributed by atoms with Gasteiger partial charge >= 0.3 is 12.1 Å². The average Bonchev–Trinajstić information content (AvgIpc) is 3.45. The zero-order valence-electron chi connectivity index (χ0n) is 23.2. The summed E-state index contributed by atoms with van der Waals surface area (Å²) in [5.74, 6) is 0. The van der Waals surface area contributed by atoms with Gasteiger partial charge in [0.2, 0.25) is 0 Å². The summed E-state index contributed by atoms with van der Waals surface area (Å²) in [6.45, 7) is 5.67. The van der Waals surface area contributed by atoms with E-state index in [-0.39, 0.29) is 6.03 Å². The molecule has 2 N–H and O–H groups in total. The number of piperidine rings is 1. The highest BCUT2D eigenvalue weighted by Gasteiger charge is 2.30. The molecule has 4 heterocycles. The number of carbonyl (C=O) groups excluding carboxylic acids is 1. The normalized spacial score (nSPS) is 16.4. The molecule has 11 nitrogen and oxygen atoms in total. The molecule has 0 saturated carbocycles. The zero-order valence-corrected chi connectivity index (χ0v) is 24.0. The van der Waals surface area contributed by atoms with Crippen LogP contribution in [0.15, 0.2) is 48.8 Å². The Hall–Kier alpha value is -4.60. The van der Waals surface area contributed by atoms with Crippen LogP contribution in [0.5, 0.6) is 0 Å². The minimum atomic E-state index is -0.864. The van der Waals surface area contributed by atoms with Crippen molar-refractivity contribution in [2.24, 2.45) is 0 Å². The van der Waals surface area contributed by atoms with Gasteiger partial charge in [0.1, 0.15) is 6.33 Å². The highest BCUT2D eigenvalue weighted by Crippen LogP contribution is 2.40. The summed E-state index contributed by atoms with van der Waals surface area (Å²) in [4.78, 5) is 44.6. The van der Waals surface area contributed by atoms with Crippen LogP contribution in [0.3, 0.4) is 0 Å². The summed E-state index contributed by atoms with van der Waals surface area (Å²) < 4.78 is 0. The fraction of sp³-hybridized carbons (Fsp3) is 0.333. The molecule has 3 amide bonds. The predicted octanol–water partition coefficient (Wildman–Crippen LogP) is 4.89. The second kappa shape index (κ2) is 11.7. The number of nitriles is 1. The third-order valence-corrected chi connectivity index (χ3v) is 9.08. The van der Waals surface area contributed by atoms with Gasteiger partial charge in [0.05, 0.1) is 27.7 Å². The molecule has 2 saturated heterocycles. The Kier molecular flexibility index (Phi) is 7.69. The van der Waals surface area contributed by atoms with Crippen LogP contribution in [0, 0.1) is 18.3 Å². The van der Waals surface area contributed by atoms with Gasteiger partial charge in [0.25, 0.3) is 0 Å². The van der Waals surface area contributed by atoms with Crippen LogP contribution in [0.2, 0.25) is 0 Å². The van der Waals surface area contributed by atoms with Crippen molar-refractivity contribution in [3.8, 4) is 27.8 Å². The van der Waals surface area contributed by atoms with Crippen molar-refractivity contribution in [3.05, 3.63) is 60.0 Å². The second-order valence-electron chi connectivity index (χ2n) is 10.5. The Morgan fingerprint density at radius 1 is 1.00 bits per heavy atom. The van der Waals surface area contributed by atoms with E-state index in [9.17, 15) is 20.0 Å². The summed E-state index contributed by atoms with van der Waals surface area (Å²) in [7, 11) is 0. The van der Waals surface area contributed by atoms with Crippen molar-refractivity contribution in [2.75, 3.05) is 44.6 Å². The molecule has 2 aliphatic rings. The highest BCUT2D eigenvalue weighted by atomic mass is 32.1. The molecule has 4 aromatic rings. The van der Waals surface area contributed by atoms with Gasteiger partial charge in [-0.05, 0) is 49.6 Å². The molecular weight excluding hydrogens is 552 g/mol. The van der Waals surface area contributed by atoms with Crippen molar-refractivity contribution in [1.29, 1.82) is 5.26 Å². The molecule has 2 aliphatic heterocycles. The first-order chi connectivity index (χ1) is 20.4. The molecule has 2 aromatic carbocycles. The second-order valence-corrected chi connectivity index (χ2v) is 11.5. The molecule has 42 heavy (non-hydrogen) atoms. The average molecular weight is 583 g/mol. The zero-order chi connectivity index (χ0) is 29.2. The van der Waals surface area contributed by atoms with Gasteiger partial charge in [-0.25, -0.2) is 24.5 Å². The van der Waals surface area contributed by atoms with E-state index in [1.807, 2.05) is 42.2 Å². The number of rotatable bonds is 4. The number of carbonyl (C=O) groups is 2. The molecule has 0 bridgehead atoms. The van der Waals surface area contributed by atoms with Crippen molar-refractivity contribution in [3.63, 3.8) is 0 Å². The maximum Gasteiger partial charge on any atom is 0.407 e. The molecule has 0 unspecified atom stereocenters. The quantitative estimate of drug-likeness (QED) is 0.347. The van der Waals surface area contributed by atoms with E-state index in [1.165, 1.54) is 16.2 Å². The number of anilines is 1. The number of aryl methyl sites for hydroxylation is 1. The van der Waals surface area contributed by atoms with E-state index in [4.69, 9.17) is 4.98 Å². The number of hydrogen-bond donors (Lipinski definition) is 2. The molecule has 2 fully saturated rings. The summed E-state index contributed by atoms with van der Waals surface area (Å²) in [5, 5.41) is 23.1. The fourth-order valence-electron chi connectivity index (χ4n) is 5.71. The van der Waals surface area contributed by atoms with Crippen LogP contribution in [-0.4, -0.2) is 92.2 Å². The van der Waals surface area contributed by atoms with Crippen molar-refractivity contribution >= 4 is 39.5 Å². The summed E-state index contributed by atoms with van der Waals surface area (Å²) in [5.41, 5.74) is 4.68. The number of piperazine rings is 1. The van der Waals surface area contributed by atoms with Gasteiger partial charge < -0.3 is 14.9 Å². The number of thiazole rings is 1. The number of nitrogens with zero attached hydrogens (tertiary/aromatic N) is 7. The van der Waals surface area contributed by atoms with Crippen molar-refractivity contribution in [2.45, 2.75) is 25.8 Å². The number of carboxylic acid groups (broad SMARTS) is 1. The molecule has 6 rings (SSSR count). The molecule has 214 valence electrons. The molecule has 2 aromatic heterocycles. The van der Waals surface area contributed by atoms with Crippen LogP contribution < -0.4 is 5.32 Å². The number of fused-ring (bicyclic) bond motifs is 1. The summed E-state index contributed by atoms with van der Waals surface area (Å²) in [6, 6.07) is 15.7. The SMILES string of the molecule is Cc1ncnc2ccc(-c3sc(NC(=O)N4CCC(N5CCN(C(=O)O)CC5)CC4)nc3-c3cccc(C#N)c3)cc12. The van der Waals surface area contributed by atoms with E-state index in [0.29, 0.717) is 48.6 Å². The highest BCUT2D eigenvalue weighted by molar-refractivity contribution is 7.19. The van der Waals surface area contributed by atoms with Crippen molar-refractivity contribution < 1.29 is 14.7 Å². The van der Waals surface area contributed by atoms with Gasteiger partial charge in [-0.1, -0.05) is 29.5 Å². The van der Waals surface area contributed by atoms with E-state index in [1.54, 1.807) is 18.5 Å². The van der Waals surface area contributed by atoms with E-state index < -0.39 is 6.09 Å². The Morgan fingerprint density at radius 3 is 2.52 bits per heavy atom. The van der Waals surface area contributed by atoms with Gasteiger partial charge in [0, 0.05) is 62.0 Å². The lowest BCUT2D eigenvalue weighted by Gasteiger charge is -2.42. The lowest BCUT2D eigenvalue weighted by atomic mass is 10.0. The lowest BCUT2D eigenvalue weighted by molar-refractivity contribution is 0.0639. The van der Waals surface area contributed by atoms with E-state index in [0.717, 1.165) is 58.5 Å². The minimum absolute atomic E-state index is 0.190. The Labute approximate surface area is 247 Å². The summed E-state index contributed by atoms with van der Waals surface area (Å²) in [6.07, 6.45) is 2.37. The van der Waals surface area contributed by atoms with Crippen LogP contribution in [0.25, 0.3) is 32.6 Å². The van der Waals surface area contributed by atoms with Crippen LogP contribution in [0.1, 0.15) is 24.1 Å². The van der Waals surface area contributed by atoms with Gasteiger partial charge in [0.15, 0.2) is 5.13 Å². The number of aromatic nitrogens is 3. The predicted molar refractivity (Wildman–Crippen MR) is 160 cm³/mol. The number of nitrogens with one attached hydrogen (secondary N) is 1. The monoisotopic (exact) mass is 582 g/mol. The van der Waals surface area contributed by atoms with Gasteiger partial charge in [-0.15, -0.1) is 0 Å². The number of urea groups is 1. The fourth-order valence-corrected chi connectivity index (χ4v) is 6.68. The Morgan fingerprint density at radius 2 is 1.79 bits per heavy atom. The van der Waals surface area contributed by atoms with Crippen LogP contribution >= 0.6 is 11.3 Å². The van der Waals surface area contributed by atoms with E-state index >= 15 is 0 Å². The Balaban J connectivity index is 1.20. The third kappa shape index (κ3) is 5.61. The third-order valence-electron chi connectivity index (χ3n) is 8.06. The van der Waals surface area contributed by atoms with Gasteiger partial charge in [-0.2, -0.15) is 5.26 Å². The molecule has 0 radical (unpaired) electrons. The van der Waals surface area contributed by atoms with Crippen molar-refractivity contribution in [1.82, 2.24) is 29.7 Å². The lowest BCUT2D eigenvalue weighted by Crippen LogP contribution is -2.54. The smallest absolute Gasteiger partial charge is 0.407 e. The van der Waals surface area contributed by atoms with Gasteiger partial charge in [-0.3, -0.25) is 10.2 Å². The largest absolute Gasteiger partial charge is 0.465 e. The first-order valence-electron chi connectivity index (χ1n) is 13.9. The number of likely N-dealkylation sites (tertiary alicyclic amines) is 1. The van der Waals surface area contributed by atoms with Crippen LogP contribution in [0.4, 0.5) is 14.7 Å². The van der Waals surface area contributed by atoms with Crippen LogP contribution in [-0.2, 0) is 0 Å². The molecule has 0 aliphatic carbocycles. The first-order valence-corrected chi connectivity index (χ1v) is 14.7.